The zero-order chi connectivity index (χ0) is 10.6. The molecule has 14 heavy (non-hydrogen) atoms. The molecule has 1 aromatic carbocycles. The largest absolute Gasteiger partial charge is 0.286 e. The van der Waals surface area contributed by atoms with Gasteiger partial charge in [0.25, 0.3) is 0 Å². The first kappa shape index (κ1) is 11.6. The summed E-state index contributed by atoms with van der Waals surface area (Å²) in [6, 6.07) is 7.30. The van der Waals surface area contributed by atoms with Gasteiger partial charge in [-0.25, -0.2) is 4.21 Å². The summed E-state index contributed by atoms with van der Waals surface area (Å²) in [5, 5.41) is 0. The van der Waals surface area contributed by atoms with Crippen LogP contribution in [0.15, 0.2) is 29.2 Å². The molecule has 0 aliphatic heterocycles. The van der Waals surface area contributed by atoms with Crippen molar-refractivity contribution in [3.05, 3.63) is 29.8 Å². The first-order valence-corrected chi connectivity index (χ1v) is 6.93. The standard InChI is InChI=1S/C10H14O2S2/c1-3-8-12-14(11,13)10-6-4-9(2)5-7-10/h4-7H,3,8H2,1-2H3. The van der Waals surface area contributed by atoms with Gasteiger partial charge in [0.2, 0.25) is 0 Å². The van der Waals surface area contributed by atoms with Crippen LogP contribution in [0.1, 0.15) is 18.9 Å². The minimum absolute atomic E-state index is 0.441. The molecule has 1 unspecified atom stereocenters. The molecule has 0 fully saturated rings. The fourth-order valence-electron chi connectivity index (χ4n) is 0.966. The van der Waals surface area contributed by atoms with Crippen LogP contribution in [0.4, 0.5) is 0 Å². The summed E-state index contributed by atoms with van der Waals surface area (Å²) in [6.07, 6.45) is 0.819. The van der Waals surface area contributed by atoms with E-state index >= 15 is 0 Å². The van der Waals surface area contributed by atoms with Crippen LogP contribution < -0.4 is 0 Å². The molecule has 0 aliphatic rings. The number of aryl methyl sites for hydroxylation is 1. The van der Waals surface area contributed by atoms with E-state index in [1.165, 1.54) is 0 Å². The van der Waals surface area contributed by atoms with Gasteiger partial charge >= 0.3 is 0 Å². The van der Waals surface area contributed by atoms with Crippen LogP contribution in [0.5, 0.6) is 0 Å². The Morgan fingerprint density at radius 1 is 1.36 bits per heavy atom. The molecule has 0 N–H and O–H groups in total. The minimum Gasteiger partial charge on any atom is -0.286 e. The summed E-state index contributed by atoms with van der Waals surface area (Å²) in [6.45, 7) is 4.37. The molecular formula is C10H14O2S2. The quantitative estimate of drug-likeness (QED) is 0.794. The molecule has 0 bridgehead atoms. The summed E-state index contributed by atoms with van der Waals surface area (Å²) in [4.78, 5) is 0.589. The first-order chi connectivity index (χ1) is 6.56. The van der Waals surface area contributed by atoms with Gasteiger partial charge in [0.05, 0.1) is 11.5 Å². The van der Waals surface area contributed by atoms with E-state index in [9.17, 15) is 4.21 Å². The highest BCUT2D eigenvalue weighted by molar-refractivity contribution is 8.30. The maximum atomic E-state index is 11.9. The molecule has 0 aliphatic carbocycles. The Morgan fingerprint density at radius 2 is 1.93 bits per heavy atom. The summed E-state index contributed by atoms with van der Waals surface area (Å²) in [5.74, 6) is 0. The fourth-order valence-corrected chi connectivity index (χ4v) is 2.50. The third-order valence-electron chi connectivity index (χ3n) is 1.75. The van der Waals surface area contributed by atoms with Crippen LogP contribution in [-0.4, -0.2) is 10.8 Å². The molecule has 0 aromatic heterocycles. The van der Waals surface area contributed by atoms with Crippen LogP contribution >= 0.6 is 0 Å². The summed E-state index contributed by atoms with van der Waals surface area (Å²) in [5.41, 5.74) is 1.12. The lowest BCUT2D eigenvalue weighted by Crippen LogP contribution is -2.05. The van der Waals surface area contributed by atoms with Crippen molar-refractivity contribution < 1.29 is 8.39 Å². The zero-order valence-corrected chi connectivity index (χ0v) is 9.99. The van der Waals surface area contributed by atoms with E-state index in [4.69, 9.17) is 15.4 Å². The van der Waals surface area contributed by atoms with Crippen molar-refractivity contribution >= 4 is 20.0 Å². The number of benzene rings is 1. The zero-order valence-electron chi connectivity index (χ0n) is 8.36. The fraction of sp³-hybridized carbons (Fsp3) is 0.400. The molecule has 0 radical (unpaired) electrons. The van der Waals surface area contributed by atoms with E-state index in [1.807, 2.05) is 26.0 Å². The molecule has 4 heteroatoms. The molecule has 2 nitrogen and oxygen atoms in total. The van der Waals surface area contributed by atoms with Gasteiger partial charge in [0, 0.05) is 11.2 Å². The maximum absolute atomic E-state index is 11.9. The van der Waals surface area contributed by atoms with Gasteiger partial charge in [-0.3, -0.25) is 4.18 Å². The Balaban J connectivity index is 2.87. The predicted molar refractivity (Wildman–Crippen MR) is 61.2 cm³/mol. The van der Waals surface area contributed by atoms with E-state index in [0.29, 0.717) is 11.5 Å². The average Bonchev–Trinajstić information content (AvgIpc) is 2.16. The van der Waals surface area contributed by atoms with Crippen molar-refractivity contribution in [2.45, 2.75) is 25.2 Å². The Morgan fingerprint density at radius 3 is 2.43 bits per heavy atom. The Hall–Kier alpha value is -0.450. The summed E-state index contributed by atoms with van der Waals surface area (Å²) >= 11 is 4.92. The highest BCUT2D eigenvalue weighted by Gasteiger charge is 2.09. The van der Waals surface area contributed by atoms with E-state index in [2.05, 4.69) is 0 Å². The van der Waals surface area contributed by atoms with Gasteiger partial charge in [0.1, 0.15) is 0 Å². The molecule has 1 rings (SSSR count). The van der Waals surface area contributed by atoms with E-state index in [1.54, 1.807) is 12.1 Å². The summed E-state index contributed by atoms with van der Waals surface area (Å²) < 4.78 is 17.0. The molecule has 0 saturated carbocycles. The third-order valence-corrected chi connectivity index (χ3v) is 3.94. The smallest absolute Gasteiger partial charge is 0.173 e. The minimum atomic E-state index is -2.71. The molecule has 0 amide bonds. The molecule has 0 spiro atoms. The normalized spacial score (nSPS) is 15.0. The topological polar surface area (TPSA) is 26.3 Å². The van der Waals surface area contributed by atoms with Gasteiger partial charge in [-0.05, 0) is 25.5 Å². The lowest BCUT2D eigenvalue weighted by Gasteiger charge is -2.07. The van der Waals surface area contributed by atoms with E-state index in [0.717, 1.165) is 12.0 Å². The Labute approximate surface area is 90.2 Å². The van der Waals surface area contributed by atoms with E-state index < -0.39 is 8.77 Å². The second-order valence-electron chi connectivity index (χ2n) is 3.09. The SMILES string of the molecule is CCCOS(=O)(=S)c1ccc(C)cc1. The lowest BCUT2D eigenvalue weighted by atomic mass is 10.2. The summed E-state index contributed by atoms with van der Waals surface area (Å²) in [7, 11) is -2.71. The highest BCUT2D eigenvalue weighted by Crippen LogP contribution is 2.13. The molecule has 0 saturated heterocycles. The molecule has 0 heterocycles. The number of hydrogen-bond acceptors (Lipinski definition) is 3. The van der Waals surface area contributed by atoms with Crippen molar-refractivity contribution in [3.8, 4) is 0 Å². The van der Waals surface area contributed by atoms with Crippen molar-refractivity contribution in [1.29, 1.82) is 0 Å². The second-order valence-corrected chi connectivity index (χ2v) is 6.02. The molecule has 78 valence electrons. The van der Waals surface area contributed by atoms with Crippen LogP contribution in [-0.2, 0) is 24.1 Å². The molecule has 1 atom stereocenters. The Bertz CT molecular complexity index is 379. The van der Waals surface area contributed by atoms with Crippen LogP contribution in [0.3, 0.4) is 0 Å². The van der Waals surface area contributed by atoms with Gasteiger partial charge in [-0.2, -0.15) is 0 Å². The van der Waals surface area contributed by atoms with E-state index in [-0.39, 0.29) is 0 Å². The Kier molecular flexibility index (Phi) is 4.04. The highest BCUT2D eigenvalue weighted by atomic mass is 32.8. The van der Waals surface area contributed by atoms with Crippen molar-refractivity contribution in [3.63, 3.8) is 0 Å². The van der Waals surface area contributed by atoms with Gasteiger partial charge in [0.15, 0.2) is 8.77 Å². The molecule has 1 aromatic rings. The van der Waals surface area contributed by atoms with Crippen molar-refractivity contribution in [2.24, 2.45) is 0 Å². The predicted octanol–water partition coefficient (Wildman–Crippen LogP) is 2.44. The monoisotopic (exact) mass is 230 g/mol. The number of rotatable bonds is 4. The van der Waals surface area contributed by atoms with Crippen LogP contribution in [0, 0.1) is 6.92 Å². The molecular weight excluding hydrogens is 216 g/mol. The van der Waals surface area contributed by atoms with Gasteiger partial charge in [-0.15, -0.1) is 0 Å². The first-order valence-electron chi connectivity index (χ1n) is 4.52. The van der Waals surface area contributed by atoms with Gasteiger partial charge < -0.3 is 0 Å². The van der Waals surface area contributed by atoms with Crippen LogP contribution in [0.2, 0.25) is 0 Å². The van der Waals surface area contributed by atoms with Crippen LogP contribution in [0.25, 0.3) is 0 Å². The van der Waals surface area contributed by atoms with Crippen molar-refractivity contribution in [1.82, 2.24) is 0 Å². The maximum Gasteiger partial charge on any atom is 0.173 e. The lowest BCUT2D eigenvalue weighted by molar-refractivity contribution is 0.345. The number of hydrogen-bond donors (Lipinski definition) is 0. The van der Waals surface area contributed by atoms with Gasteiger partial charge in [-0.1, -0.05) is 24.6 Å². The van der Waals surface area contributed by atoms with Crippen molar-refractivity contribution in [2.75, 3.05) is 6.61 Å². The third kappa shape index (κ3) is 3.04. The average molecular weight is 230 g/mol. The second kappa shape index (κ2) is 4.87.